The van der Waals surface area contributed by atoms with Gasteiger partial charge in [0.2, 0.25) is 0 Å². The van der Waals surface area contributed by atoms with Gasteiger partial charge in [-0.25, -0.2) is 4.98 Å². The fourth-order valence-corrected chi connectivity index (χ4v) is 2.94. The SMILES string of the molecule is Cc1ccc(CN2CCN(CC#Cc3ccccn3)CC2)cc1C.Cl.Cl. The van der Waals surface area contributed by atoms with Crippen molar-refractivity contribution in [3.63, 3.8) is 0 Å². The van der Waals surface area contributed by atoms with E-state index in [2.05, 4.69) is 58.7 Å². The third kappa shape index (κ3) is 6.63. The molecule has 26 heavy (non-hydrogen) atoms. The standard InChI is InChI=1S/C21H25N3.2ClH/c1-18-8-9-20(16-19(18)2)17-24-14-12-23(13-15-24)11-5-7-21-6-3-4-10-22-21;;/h3-4,6,8-10,16H,11-15,17H2,1-2H3;2*1H. The van der Waals surface area contributed by atoms with Crippen LogP contribution in [0.4, 0.5) is 0 Å². The molecule has 3 rings (SSSR count). The zero-order valence-corrected chi connectivity index (χ0v) is 17.1. The van der Waals surface area contributed by atoms with Crippen LogP contribution in [0.25, 0.3) is 0 Å². The molecule has 3 nitrogen and oxygen atoms in total. The maximum absolute atomic E-state index is 4.23. The summed E-state index contributed by atoms with van der Waals surface area (Å²) in [5.41, 5.74) is 5.03. The van der Waals surface area contributed by atoms with Crippen LogP contribution < -0.4 is 0 Å². The zero-order chi connectivity index (χ0) is 16.8. The van der Waals surface area contributed by atoms with Crippen LogP contribution in [-0.4, -0.2) is 47.5 Å². The molecule has 1 saturated heterocycles. The highest BCUT2D eigenvalue weighted by atomic mass is 35.5. The molecular weight excluding hydrogens is 365 g/mol. The van der Waals surface area contributed by atoms with Gasteiger partial charge < -0.3 is 0 Å². The number of hydrogen-bond donors (Lipinski definition) is 0. The molecule has 0 N–H and O–H groups in total. The van der Waals surface area contributed by atoms with Gasteiger partial charge in [0, 0.05) is 38.9 Å². The van der Waals surface area contributed by atoms with Crippen LogP contribution in [-0.2, 0) is 6.54 Å². The van der Waals surface area contributed by atoms with E-state index in [9.17, 15) is 0 Å². The predicted molar refractivity (Wildman–Crippen MR) is 113 cm³/mol. The summed E-state index contributed by atoms with van der Waals surface area (Å²) >= 11 is 0. The van der Waals surface area contributed by atoms with Crippen LogP contribution in [0.2, 0.25) is 0 Å². The highest BCUT2D eigenvalue weighted by molar-refractivity contribution is 5.85. The third-order valence-electron chi connectivity index (χ3n) is 4.63. The monoisotopic (exact) mass is 391 g/mol. The Morgan fingerprint density at radius 1 is 0.923 bits per heavy atom. The van der Waals surface area contributed by atoms with Crippen molar-refractivity contribution in [2.24, 2.45) is 0 Å². The van der Waals surface area contributed by atoms with Gasteiger partial charge in [-0.05, 0) is 48.6 Å². The lowest BCUT2D eigenvalue weighted by atomic mass is 10.1. The first-order chi connectivity index (χ1) is 11.7. The van der Waals surface area contributed by atoms with Gasteiger partial charge in [-0.15, -0.1) is 24.8 Å². The molecule has 140 valence electrons. The summed E-state index contributed by atoms with van der Waals surface area (Å²) in [5.74, 6) is 6.38. The molecule has 0 atom stereocenters. The number of hydrogen-bond acceptors (Lipinski definition) is 3. The molecule has 1 aliphatic heterocycles. The van der Waals surface area contributed by atoms with E-state index in [-0.39, 0.29) is 24.8 Å². The number of halogens is 2. The second-order valence-electron chi connectivity index (χ2n) is 6.49. The van der Waals surface area contributed by atoms with Crippen molar-refractivity contribution >= 4 is 24.8 Å². The van der Waals surface area contributed by atoms with Crippen molar-refractivity contribution in [3.05, 3.63) is 65.0 Å². The van der Waals surface area contributed by atoms with Crippen LogP contribution in [0, 0.1) is 25.7 Å². The molecule has 1 aliphatic rings. The van der Waals surface area contributed by atoms with Gasteiger partial charge in [0.15, 0.2) is 0 Å². The van der Waals surface area contributed by atoms with E-state index in [1.165, 1.54) is 16.7 Å². The Balaban J connectivity index is 0.00000169. The molecule has 5 heteroatoms. The van der Waals surface area contributed by atoms with Crippen molar-refractivity contribution in [2.75, 3.05) is 32.7 Å². The zero-order valence-electron chi connectivity index (χ0n) is 15.4. The average molecular weight is 392 g/mol. The maximum atomic E-state index is 4.23. The molecule has 2 heterocycles. The molecule has 0 unspecified atom stereocenters. The minimum absolute atomic E-state index is 0. The predicted octanol–water partition coefficient (Wildman–Crippen LogP) is 3.71. The molecule has 2 aromatic rings. The van der Waals surface area contributed by atoms with Gasteiger partial charge in [0.05, 0.1) is 6.54 Å². The summed E-state index contributed by atoms with van der Waals surface area (Å²) in [5, 5.41) is 0. The van der Waals surface area contributed by atoms with E-state index in [1.807, 2.05) is 18.2 Å². The molecule has 0 spiro atoms. The molecule has 0 radical (unpaired) electrons. The van der Waals surface area contributed by atoms with Gasteiger partial charge in [-0.3, -0.25) is 9.80 Å². The van der Waals surface area contributed by atoms with E-state index in [4.69, 9.17) is 0 Å². The largest absolute Gasteiger partial charge is 0.297 e. The van der Waals surface area contributed by atoms with E-state index < -0.39 is 0 Å². The van der Waals surface area contributed by atoms with Crippen LogP contribution in [0.3, 0.4) is 0 Å². The summed E-state index contributed by atoms with van der Waals surface area (Å²) < 4.78 is 0. The number of nitrogens with zero attached hydrogens (tertiary/aromatic N) is 3. The van der Waals surface area contributed by atoms with Crippen LogP contribution in [0.15, 0.2) is 42.6 Å². The van der Waals surface area contributed by atoms with Crippen molar-refractivity contribution in [2.45, 2.75) is 20.4 Å². The second kappa shape index (κ2) is 11.2. The fraction of sp³-hybridized carbons (Fsp3) is 0.381. The average Bonchev–Trinajstić information content (AvgIpc) is 2.61. The molecule has 1 aromatic carbocycles. The minimum atomic E-state index is 0. The molecular formula is C21H27Cl2N3. The Bertz CT molecular complexity index is 730. The summed E-state index contributed by atoms with van der Waals surface area (Å²) in [6.07, 6.45) is 1.79. The lowest BCUT2D eigenvalue weighted by molar-refractivity contribution is 0.138. The van der Waals surface area contributed by atoms with Gasteiger partial charge in [0.25, 0.3) is 0 Å². The van der Waals surface area contributed by atoms with Gasteiger partial charge in [-0.2, -0.15) is 0 Å². The number of aromatic nitrogens is 1. The number of rotatable bonds is 3. The normalized spacial score (nSPS) is 14.5. The number of aryl methyl sites for hydroxylation is 2. The Hall–Kier alpha value is -1.57. The summed E-state index contributed by atoms with van der Waals surface area (Å²) in [6.45, 7) is 10.6. The first-order valence-electron chi connectivity index (χ1n) is 8.61. The van der Waals surface area contributed by atoms with E-state index >= 15 is 0 Å². The summed E-state index contributed by atoms with van der Waals surface area (Å²) in [7, 11) is 0. The smallest absolute Gasteiger partial charge is 0.113 e. The van der Waals surface area contributed by atoms with Crippen LogP contribution in [0.1, 0.15) is 22.4 Å². The Morgan fingerprint density at radius 3 is 2.31 bits per heavy atom. The lowest BCUT2D eigenvalue weighted by Crippen LogP contribution is -2.45. The van der Waals surface area contributed by atoms with Gasteiger partial charge in [-0.1, -0.05) is 30.2 Å². The Morgan fingerprint density at radius 2 is 1.65 bits per heavy atom. The van der Waals surface area contributed by atoms with Crippen molar-refractivity contribution in [1.29, 1.82) is 0 Å². The first kappa shape index (κ1) is 22.5. The van der Waals surface area contributed by atoms with Gasteiger partial charge >= 0.3 is 0 Å². The minimum Gasteiger partial charge on any atom is -0.297 e. The fourth-order valence-electron chi connectivity index (χ4n) is 2.94. The summed E-state index contributed by atoms with van der Waals surface area (Å²) in [4.78, 5) is 9.19. The third-order valence-corrected chi connectivity index (χ3v) is 4.63. The molecule has 0 aliphatic carbocycles. The lowest BCUT2D eigenvalue weighted by Gasteiger charge is -2.33. The number of benzene rings is 1. The number of pyridine rings is 1. The highest BCUT2D eigenvalue weighted by Gasteiger charge is 2.16. The quantitative estimate of drug-likeness (QED) is 0.743. The molecule has 0 bridgehead atoms. The van der Waals surface area contributed by atoms with Crippen molar-refractivity contribution in [1.82, 2.24) is 14.8 Å². The Labute approximate surface area is 169 Å². The van der Waals surface area contributed by atoms with E-state index in [0.29, 0.717) is 0 Å². The first-order valence-corrected chi connectivity index (χ1v) is 8.61. The molecule has 1 fully saturated rings. The Kier molecular flexibility index (Phi) is 9.69. The van der Waals surface area contributed by atoms with E-state index in [1.54, 1.807) is 6.20 Å². The molecule has 1 aromatic heterocycles. The maximum Gasteiger partial charge on any atom is 0.113 e. The van der Waals surface area contributed by atoms with Crippen molar-refractivity contribution < 1.29 is 0 Å². The molecule has 0 amide bonds. The summed E-state index contributed by atoms with van der Waals surface area (Å²) in [6, 6.07) is 12.7. The number of piperazine rings is 1. The molecule has 0 saturated carbocycles. The van der Waals surface area contributed by atoms with E-state index in [0.717, 1.165) is 45.0 Å². The highest BCUT2D eigenvalue weighted by Crippen LogP contribution is 2.13. The van der Waals surface area contributed by atoms with Gasteiger partial charge in [0.1, 0.15) is 5.69 Å². The topological polar surface area (TPSA) is 19.4 Å². The van der Waals surface area contributed by atoms with Crippen LogP contribution >= 0.6 is 24.8 Å². The second-order valence-corrected chi connectivity index (χ2v) is 6.49. The van der Waals surface area contributed by atoms with Crippen molar-refractivity contribution in [3.8, 4) is 11.8 Å². The van der Waals surface area contributed by atoms with Crippen LogP contribution in [0.5, 0.6) is 0 Å².